The van der Waals surface area contributed by atoms with Crippen molar-refractivity contribution in [3.05, 3.63) is 23.0 Å². The minimum atomic E-state index is -0.267. The first-order valence-electron chi connectivity index (χ1n) is 6.37. The minimum Gasteiger partial charge on any atom is -0.356 e. The molecule has 7 nitrogen and oxygen atoms in total. The van der Waals surface area contributed by atoms with Crippen LogP contribution in [0.15, 0.2) is 17.4 Å². The van der Waals surface area contributed by atoms with Crippen molar-refractivity contribution in [3.8, 4) is 0 Å². The largest absolute Gasteiger partial charge is 0.356 e. The average Bonchev–Trinajstić information content (AvgIpc) is 2.81. The molecule has 0 unspecified atom stereocenters. The van der Waals surface area contributed by atoms with Crippen molar-refractivity contribution in [3.63, 3.8) is 0 Å². The summed E-state index contributed by atoms with van der Waals surface area (Å²) in [6.07, 6.45) is 5.26. The molecule has 0 radical (unpaired) electrons. The van der Waals surface area contributed by atoms with Crippen LogP contribution in [0.5, 0.6) is 0 Å². The number of aromatic amines is 1. The van der Waals surface area contributed by atoms with Gasteiger partial charge in [0.1, 0.15) is 0 Å². The third-order valence-corrected chi connectivity index (χ3v) is 2.84. The Bertz CT molecular complexity index is 616. The number of fused-ring (bicyclic) bond motifs is 1. The summed E-state index contributed by atoms with van der Waals surface area (Å²) in [5.74, 6) is 0.000130. The number of H-pyrrole nitrogens is 1. The first-order chi connectivity index (χ1) is 9.22. The predicted octanol–water partition coefficient (Wildman–Crippen LogP) is 0.426. The lowest BCUT2D eigenvalue weighted by atomic mass is 10.3. The Labute approximate surface area is 110 Å². The van der Waals surface area contributed by atoms with Gasteiger partial charge in [0, 0.05) is 19.5 Å². The highest BCUT2D eigenvalue weighted by Gasteiger charge is 2.08. The molecule has 0 atom stereocenters. The van der Waals surface area contributed by atoms with Crippen molar-refractivity contribution in [2.75, 3.05) is 6.54 Å². The van der Waals surface area contributed by atoms with Gasteiger partial charge in [-0.15, -0.1) is 0 Å². The number of unbranched alkanes of at least 4 members (excludes halogenated alkanes) is 1. The van der Waals surface area contributed by atoms with E-state index in [0.29, 0.717) is 30.7 Å². The summed E-state index contributed by atoms with van der Waals surface area (Å²) < 4.78 is 1.71. The standard InChI is InChI=1S/C12H17N5O2/c1-2-3-5-13-9(18)4-6-17-8-16-10-11(17)14-7-15-12(10)19/h7-8H,2-6H2,1H3,(H,13,18)(H,14,15,19). The van der Waals surface area contributed by atoms with E-state index in [0.717, 1.165) is 12.8 Å². The molecule has 0 spiro atoms. The van der Waals surface area contributed by atoms with Gasteiger partial charge in [-0.1, -0.05) is 13.3 Å². The first kappa shape index (κ1) is 13.3. The molecular formula is C12H17N5O2. The first-order valence-corrected chi connectivity index (χ1v) is 6.37. The van der Waals surface area contributed by atoms with Gasteiger partial charge < -0.3 is 14.9 Å². The monoisotopic (exact) mass is 263 g/mol. The summed E-state index contributed by atoms with van der Waals surface area (Å²) in [7, 11) is 0. The van der Waals surface area contributed by atoms with Gasteiger partial charge >= 0.3 is 0 Å². The van der Waals surface area contributed by atoms with Crippen LogP contribution >= 0.6 is 0 Å². The highest BCUT2D eigenvalue weighted by atomic mass is 16.1. The highest BCUT2D eigenvalue weighted by Crippen LogP contribution is 2.04. The van der Waals surface area contributed by atoms with Crippen molar-refractivity contribution in [1.29, 1.82) is 0 Å². The van der Waals surface area contributed by atoms with Crippen molar-refractivity contribution in [1.82, 2.24) is 24.8 Å². The smallest absolute Gasteiger partial charge is 0.278 e. The lowest BCUT2D eigenvalue weighted by molar-refractivity contribution is -0.121. The summed E-state index contributed by atoms with van der Waals surface area (Å²) in [6, 6.07) is 0. The molecule has 2 N–H and O–H groups in total. The maximum atomic E-state index is 11.6. The van der Waals surface area contributed by atoms with E-state index in [1.807, 2.05) is 0 Å². The molecule has 2 rings (SSSR count). The van der Waals surface area contributed by atoms with E-state index in [1.165, 1.54) is 12.7 Å². The van der Waals surface area contributed by atoms with Crippen LogP contribution in [0.3, 0.4) is 0 Å². The zero-order valence-electron chi connectivity index (χ0n) is 10.8. The van der Waals surface area contributed by atoms with Gasteiger partial charge in [0.2, 0.25) is 5.91 Å². The lowest BCUT2D eigenvalue weighted by Crippen LogP contribution is -2.25. The van der Waals surface area contributed by atoms with Gasteiger partial charge in [0.25, 0.3) is 5.56 Å². The molecule has 7 heteroatoms. The van der Waals surface area contributed by atoms with E-state index >= 15 is 0 Å². The Morgan fingerprint density at radius 1 is 1.47 bits per heavy atom. The van der Waals surface area contributed by atoms with Gasteiger partial charge in [-0.05, 0) is 6.42 Å². The molecule has 0 fully saturated rings. The molecule has 2 aromatic rings. The number of carbonyl (C=O) groups is 1. The topological polar surface area (TPSA) is 92.7 Å². The van der Waals surface area contributed by atoms with Crippen molar-refractivity contribution < 1.29 is 4.79 Å². The number of aromatic nitrogens is 4. The van der Waals surface area contributed by atoms with Gasteiger partial charge in [-0.25, -0.2) is 9.97 Å². The minimum absolute atomic E-state index is 0.000130. The van der Waals surface area contributed by atoms with E-state index in [2.05, 4.69) is 27.2 Å². The molecule has 0 aliphatic heterocycles. The van der Waals surface area contributed by atoms with Gasteiger partial charge in [0.15, 0.2) is 11.2 Å². The van der Waals surface area contributed by atoms with Crippen LogP contribution in [0.2, 0.25) is 0 Å². The van der Waals surface area contributed by atoms with Crippen molar-refractivity contribution in [2.24, 2.45) is 0 Å². The van der Waals surface area contributed by atoms with Crippen LogP contribution in [0, 0.1) is 0 Å². The van der Waals surface area contributed by atoms with Crippen LogP contribution in [0.1, 0.15) is 26.2 Å². The van der Waals surface area contributed by atoms with Crippen molar-refractivity contribution >= 4 is 17.1 Å². The number of hydrogen-bond donors (Lipinski definition) is 2. The van der Waals surface area contributed by atoms with Gasteiger partial charge in [0.05, 0.1) is 12.7 Å². The maximum Gasteiger partial charge on any atom is 0.278 e. The Morgan fingerprint density at radius 3 is 3.11 bits per heavy atom. The number of aryl methyl sites for hydroxylation is 1. The normalized spacial score (nSPS) is 10.8. The Hall–Kier alpha value is -2.18. The molecule has 0 bridgehead atoms. The van der Waals surface area contributed by atoms with Crippen LogP contribution in [-0.4, -0.2) is 32.0 Å². The molecule has 102 valence electrons. The van der Waals surface area contributed by atoms with E-state index < -0.39 is 0 Å². The van der Waals surface area contributed by atoms with Crippen LogP contribution in [0.4, 0.5) is 0 Å². The van der Waals surface area contributed by atoms with Crippen LogP contribution < -0.4 is 10.9 Å². The molecule has 0 aliphatic rings. The number of carbonyl (C=O) groups excluding carboxylic acids is 1. The molecule has 0 aromatic carbocycles. The Balaban J connectivity index is 1.97. The molecule has 19 heavy (non-hydrogen) atoms. The van der Waals surface area contributed by atoms with Gasteiger partial charge in [-0.3, -0.25) is 9.59 Å². The summed E-state index contributed by atoms with van der Waals surface area (Å²) in [6.45, 7) is 3.25. The number of hydrogen-bond acceptors (Lipinski definition) is 4. The van der Waals surface area contributed by atoms with E-state index in [9.17, 15) is 9.59 Å². The quantitative estimate of drug-likeness (QED) is 0.739. The van der Waals surface area contributed by atoms with E-state index in [-0.39, 0.29) is 11.5 Å². The number of nitrogens with zero attached hydrogens (tertiary/aromatic N) is 3. The average molecular weight is 263 g/mol. The highest BCUT2D eigenvalue weighted by molar-refractivity contribution is 5.76. The number of imidazole rings is 1. The second kappa shape index (κ2) is 6.12. The Kier molecular flexibility index (Phi) is 4.27. The maximum absolute atomic E-state index is 11.6. The van der Waals surface area contributed by atoms with E-state index in [1.54, 1.807) is 4.57 Å². The number of nitrogens with one attached hydrogen (secondary N) is 2. The molecule has 0 saturated heterocycles. The van der Waals surface area contributed by atoms with Crippen LogP contribution in [-0.2, 0) is 11.3 Å². The lowest BCUT2D eigenvalue weighted by Gasteiger charge is -2.05. The van der Waals surface area contributed by atoms with Gasteiger partial charge in [-0.2, -0.15) is 0 Å². The predicted molar refractivity (Wildman–Crippen MR) is 70.7 cm³/mol. The molecular weight excluding hydrogens is 246 g/mol. The zero-order valence-corrected chi connectivity index (χ0v) is 10.8. The molecule has 1 amide bonds. The molecule has 2 aromatic heterocycles. The third-order valence-electron chi connectivity index (χ3n) is 2.84. The summed E-state index contributed by atoms with van der Waals surface area (Å²) >= 11 is 0. The molecule has 0 aliphatic carbocycles. The fourth-order valence-electron chi connectivity index (χ4n) is 1.77. The summed E-state index contributed by atoms with van der Waals surface area (Å²) in [5, 5.41) is 2.84. The SMILES string of the molecule is CCCCNC(=O)CCn1cnc2c(=O)[nH]cnc21. The van der Waals surface area contributed by atoms with Crippen molar-refractivity contribution in [2.45, 2.75) is 32.7 Å². The van der Waals surface area contributed by atoms with Crippen LogP contribution in [0.25, 0.3) is 11.2 Å². The zero-order chi connectivity index (χ0) is 13.7. The molecule has 2 heterocycles. The fourth-order valence-corrected chi connectivity index (χ4v) is 1.77. The third kappa shape index (κ3) is 3.18. The fraction of sp³-hybridized carbons (Fsp3) is 0.500. The summed E-state index contributed by atoms with van der Waals surface area (Å²) in [4.78, 5) is 33.6. The Morgan fingerprint density at radius 2 is 2.32 bits per heavy atom. The second-order valence-electron chi connectivity index (χ2n) is 4.30. The van der Waals surface area contributed by atoms with E-state index in [4.69, 9.17) is 0 Å². The second-order valence-corrected chi connectivity index (χ2v) is 4.30. The number of amides is 1. The number of rotatable bonds is 6. The summed E-state index contributed by atoms with van der Waals surface area (Å²) in [5.41, 5.74) is 0.537. The molecule has 0 saturated carbocycles.